The number of pyridine rings is 1. The molecule has 0 aromatic carbocycles. The van der Waals surface area contributed by atoms with Crippen LogP contribution in [0.15, 0.2) is 16.7 Å². The minimum absolute atomic E-state index is 0.387. The van der Waals surface area contributed by atoms with Crippen LogP contribution in [0, 0.1) is 20.4 Å². The van der Waals surface area contributed by atoms with E-state index in [1.807, 2.05) is 20.0 Å². The van der Waals surface area contributed by atoms with Gasteiger partial charge in [0.25, 0.3) is 5.82 Å². The Balaban J connectivity index is 1.97. The first-order chi connectivity index (χ1) is 10.1. The van der Waals surface area contributed by atoms with Crippen molar-refractivity contribution in [1.82, 2.24) is 15.2 Å². The Kier molecular flexibility index (Phi) is 3.60. The summed E-state index contributed by atoms with van der Waals surface area (Å²) in [5, 5.41) is 8.29. The quantitative estimate of drug-likeness (QED) is 0.745. The number of anilines is 1. The third kappa shape index (κ3) is 2.49. The highest BCUT2D eigenvalue weighted by atomic mass is 79.9. The standard InChI is InChI=1S/C15H14BrN5/c1-9-10(2)15(20-19-14(9)17-3)21-5-4-13-11(8-21)6-12(16)7-18-13/h6-7H,4-5,8H2,1-2H3. The van der Waals surface area contributed by atoms with Gasteiger partial charge in [0.2, 0.25) is 0 Å². The van der Waals surface area contributed by atoms with Crippen molar-refractivity contribution in [2.45, 2.75) is 26.8 Å². The molecule has 0 aliphatic carbocycles. The lowest BCUT2D eigenvalue weighted by atomic mass is 10.0. The van der Waals surface area contributed by atoms with Gasteiger partial charge in [-0.3, -0.25) is 4.98 Å². The molecule has 1 aliphatic rings. The van der Waals surface area contributed by atoms with Crippen LogP contribution in [0.25, 0.3) is 4.85 Å². The van der Waals surface area contributed by atoms with E-state index in [9.17, 15) is 0 Å². The fraction of sp³-hybridized carbons (Fsp3) is 0.333. The van der Waals surface area contributed by atoms with Gasteiger partial charge in [0.05, 0.1) is 0 Å². The molecule has 1 aliphatic heterocycles. The molecular formula is C15H14BrN5. The number of nitrogens with zero attached hydrogens (tertiary/aromatic N) is 5. The van der Waals surface area contributed by atoms with Gasteiger partial charge in [-0.1, -0.05) is 6.57 Å². The summed E-state index contributed by atoms with van der Waals surface area (Å²) in [6.07, 6.45) is 2.74. The average Bonchev–Trinajstić information content (AvgIpc) is 2.49. The lowest BCUT2D eigenvalue weighted by Gasteiger charge is -2.29. The normalized spacial score (nSPS) is 13.7. The van der Waals surface area contributed by atoms with Crippen molar-refractivity contribution in [3.8, 4) is 0 Å². The number of aromatic nitrogens is 3. The first-order valence-corrected chi connectivity index (χ1v) is 7.49. The maximum Gasteiger partial charge on any atom is 0.299 e. The SMILES string of the molecule is [C-]#[N+]c1nnc(N2CCc3ncc(Br)cc3C2)c(C)c1C. The Morgan fingerprint density at radius 1 is 1.29 bits per heavy atom. The zero-order valence-corrected chi connectivity index (χ0v) is 13.5. The van der Waals surface area contributed by atoms with E-state index in [-0.39, 0.29) is 0 Å². The molecule has 0 saturated heterocycles. The van der Waals surface area contributed by atoms with Crippen molar-refractivity contribution in [2.75, 3.05) is 11.4 Å². The fourth-order valence-corrected chi connectivity index (χ4v) is 2.94. The van der Waals surface area contributed by atoms with Crippen LogP contribution in [-0.4, -0.2) is 21.7 Å². The van der Waals surface area contributed by atoms with E-state index in [1.165, 1.54) is 5.56 Å². The molecule has 0 spiro atoms. The van der Waals surface area contributed by atoms with Gasteiger partial charge in [-0.2, -0.15) is 0 Å². The molecule has 3 rings (SSSR count). The molecule has 21 heavy (non-hydrogen) atoms. The summed E-state index contributed by atoms with van der Waals surface area (Å²) in [5.41, 5.74) is 4.30. The van der Waals surface area contributed by atoms with Crippen molar-refractivity contribution >= 4 is 27.6 Å². The summed E-state index contributed by atoms with van der Waals surface area (Å²) in [4.78, 5) is 10.1. The highest BCUT2D eigenvalue weighted by Crippen LogP contribution is 2.29. The predicted molar refractivity (Wildman–Crippen MR) is 84.5 cm³/mol. The topological polar surface area (TPSA) is 46.3 Å². The van der Waals surface area contributed by atoms with Gasteiger partial charge in [-0.05, 0) is 57.6 Å². The maximum atomic E-state index is 7.11. The first-order valence-electron chi connectivity index (χ1n) is 6.69. The van der Waals surface area contributed by atoms with Gasteiger partial charge in [-0.25, -0.2) is 0 Å². The van der Waals surface area contributed by atoms with E-state index < -0.39 is 0 Å². The molecule has 2 aromatic heterocycles. The molecule has 0 amide bonds. The second-order valence-corrected chi connectivity index (χ2v) is 6.06. The smallest absolute Gasteiger partial charge is 0.299 e. The third-order valence-corrected chi connectivity index (χ3v) is 4.32. The Morgan fingerprint density at radius 2 is 2.10 bits per heavy atom. The minimum Gasteiger partial charge on any atom is -0.359 e. The van der Waals surface area contributed by atoms with Crippen LogP contribution in [0.3, 0.4) is 0 Å². The Morgan fingerprint density at radius 3 is 2.86 bits per heavy atom. The van der Waals surface area contributed by atoms with Gasteiger partial charge in [0.15, 0.2) is 5.82 Å². The number of fused-ring (bicyclic) bond motifs is 1. The Hall–Kier alpha value is -2.00. The minimum atomic E-state index is 0.387. The molecule has 0 radical (unpaired) electrons. The molecule has 0 atom stereocenters. The molecule has 0 unspecified atom stereocenters. The van der Waals surface area contributed by atoms with Crippen LogP contribution in [0.4, 0.5) is 11.6 Å². The summed E-state index contributed by atoms with van der Waals surface area (Å²) in [5.74, 6) is 1.25. The molecule has 3 heterocycles. The summed E-state index contributed by atoms with van der Waals surface area (Å²) in [6, 6.07) is 2.11. The van der Waals surface area contributed by atoms with Gasteiger partial charge < -0.3 is 9.74 Å². The van der Waals surface area contributed by atoms with Crippen molar-refractivity contribution in [2.24, 2.45) is 0 Å². The molecular weight excluding hydrogens is 330 g/mol. The van der Waals surface area contributed by atoms with E-state index in [4.69, 9.17) is 6.57 Å². The number of hydrogen-bond acceptors (Lipinski definition) is 4. The highest BCUT2D eigenvalue weighted by molar-refractivity contribution is 9.10. The Bertz CT molecular complexity index is 750. The van der Waals surface area contributed by atoms with E-state index in [0.29, 0.717) is 5.82 Å². The summed E-state index contributed by atoms with van der Waals surface area (Å²) in [6.45, 7) is 12.7. The zero-order chi connectivity index (χ0) is 15.0. The molecule has 0 fully saturated rings. The zero-order valence-electron chi connectivity index (χ0n) is 11.9. The van der Waals surface area contributed by atoms with Crippen LogP contribution >= 0.6 is 15.9 Å². The molecule has 106 valence electrons. The van der Waals surface area contributed by atoms with Crippen LogP contribution in [0.1, 0.15) is 22.4 Å². The van der Waals surface area contributed by atoms with E-state index in [1.54, 1.807) is 0 Å². The lowest BCUT2D eigenvalue weighted by Crippen LogP contribution is -2.32. The monoisotopic (exact) mass is 343 g/mol. The van der Waals surface area contributed by atoms with Gasteiger partial charge in [-0.15, -0.1) is 0 Å². The summed E-state index contributed by atoms with van der Waals surface area (Å²) >= 11 is 3.47. The molecule has 0 N–H and O–H groups in total. The number of rotatable bonds is 1. The molecule has 0 bridgehead atoms. The van der Waals surface area contributed by atoms with Crippen LogP contribution < -0.4 is 4.90 Å². The lowest BCUT2D eigenvalue weighted by molar-refractivity contribution is 0.692. The average molecular weight is 344 g/mol. The fourth-order valence-electron chi connectivity index (χ4n) is 2.56. The highest BCUT2D eigenvalue weighted by Gasteiger charge is 2.22. The van der Waals surface area contributed by atoms with Crippen molar-refractivity contribution in [3.63, 3.8) is 0 Å². The van der Waals surface area contributed by atoms with Crippen LogP contribution in [0.5, 0.6) is 0 Å². The number of halogens is 1. The summed E-state index contributed by atoms with van der Waals surface area (Å²) < 4.78 is 0.991. The van der Waals surface area contributed by atoms with Gasteiger partial charge >= 0.3 is 0 Å². The third-order valence-electron chi connectivity index (χ3n) is 3.88. The van der Waals surface area contributed by atoms with E-state index in [2.05, 4.69) is 46.9 Å². The largest absolute Gasteiger partial charge is 0.359 e. The molecule has 2 aromatic rings. The summed E-state index contributed by atoms with van der Waals surface area (Å²) in [7, 11) is 0. The van der Waals surface area contributed by atoms with E-state index in [0.717, 1.165) is 46.6 Å². The molecule has 5 nitrogen and oxygen atoms in total. The van der Waals surface area contributed by atoms with Crippen molar-refractivity contribution < 1.29 is 0 Å². The molecule has 6 heteroatoms. The number of hydrogen-bond donors (Lipinski definition) is 0. The van der Waals surface area contributed by atoms with Crippen LogP contribution in [-0.2, 0) is 13.0 Å². The van der Waals surface area contributed by atoms with Gasteiger partial charge in [0, 0.05) is 41.0 Å². The van der Waals surface area contributed by atoms with E-state index >= 15 is 0 Å². The van der Waals surface area contributed by atoms with Crippen LogP contribution in [0.2, 0.25) is 0 Å². The first kappa shape index (κ1) is 14.0. The van der Waals surface area contributed by atoms with Crippen molar-refractivity contribution in [3.05, 3.63) is 50.5 Å². The predicted octanol–water partition coefficient (Wildman–Crippen LogP) is 3.36. The molecule has 0 saturated carbocycles. The van der Waals surface area contributed by atoms with Gasteiger partial charge in [0.1, 0.15) is 0 Å². The second kappa shape index (κ2) is 5.41. The maximum absolute atomic E-state index is 7.11. The second-order valence-electron chi connectivity index (χ2n) is 5.14. The van der Waals surface area contributed by atoms with Crippen molar-refractivity contribution in [1.29, 1.82) is 0 Å². The Labute approximate surface area is 132 Å².